The highest BCUT2D eigenvalue weighted by Crippen LogP contribution is 2.33. The van der Waals surface area contributed by atoms with E-state index in [0.29, 0.717) is 24.5 Å². The minimum atomic E-state index is -0.363. The van der Waals surface area contributed by atoms with E-state index in [2.05, 4.69) is 0 Å². The molecular weight excluding hydrogens is 320 g/mol. The van der Waals surface area contributed by atoms with Gasteiger partial charge >= 0.3 is 0 Å². The summed E-state index contributed by atoms with van der Waals surface area (Å²) < 4.78 is 10.8. The zero-order valence-corrected chi connectivity index (χ0v) is 14.7. The highest BCUT2D eigenvalue weighted by molar-refractivity contribution is 6.01. The van der Waals surface area contributed by atoms with Gasteiger partial charge in [-0.15, -0.1) is 0 Å². The lowest BCUT2D eigenvalue weighted by Crippen LogP contribution is -2.34. The number of hydrogen-bond donors (Lipinski definition) is 0. The van der Waals surface area contributed by atoms with Crippen molar-refractivity contribution < 1.29 is 18.7 Å². The van der Waals surface area contributed by atoms with Crippen LogP contribution in [0.4, 0.5) is 5.69 Å². The van der Waals surface area contributed by atoms with E-state index >= 15 is 0 Å². The first kappa shape index (κ1) is 17.1. The molecule has 1 atom stereocenters. The fraction of sp³-hybridized carbons (Fsp3) is 0.368. The van der Waals surface area contributed by atoms with E-state index in [0.717, 1.165) is 11.5 Å². The van der Waals surface area contributed by atoms with Crippen molar-refractivity contribution in [2.24, 2.45) is 5.92 Å². The fourth-order valence-corrected chi connectivity index (χ4v) is 3.15. The summed E-state index contributed by atoms with van der Waals surface area (Å²) in [5.41, 5.74) is 0.703. The van der Waals surface area contributed by atoms with Crippen LogP contribution >= 0.6 is 0 Å². The molecule has 1 aliphatic rings. The minimum absolute atomic E-state index is 0.0557. The molecule has 0 bridgehead atoms. The molecule has 2 heterocycles. The first-order valence-corrected chi connectivity index (χ1v) is 8.23. The van der Waals surface area contributed by atoms with Crippen LogP contribution < -0.4 is 9.64 Å². The number of para-hydroxylation sites is 2. The van der Waals surface area contributed by atoms with Crippen molar-refractivity contribution in [1.29, 1.82) is 0 Å². The van der Waals surface area contributed by atoms with Gasteiger partial charge in [-0.1, -0.05) is 12.1 Å². The lowest BCUT2D eigenvalue weighted by Gasteiger charge is -2.21. The van der Waals surface area contributed by atoms with Crippen LogP contribution in [0.2, 0.25) is 0 Å². The van der Waals surface area contributed by atoms with E-state index in [1.54, 1.807) is 24.0 Å². The Balaban J connectivity index is 1.70. The number of rotatable bonds is 5. The van der Waals surface area contributed by atoms with Crippen LogP contribution in [-0.4, -0.2) is 37.4 Å². The Bertz CT molecular complexity index is 783. The number of carbonyl (C=O) groups is 2. The average molecular weight is 342 g/mol. The summed E-state index contributed by atoms with van der Waals surface area (Å²) >= 11 is 0. The first-order chi connectivity index (χ1) is 12.0. The number of nitrogens with zero attached hydrogens (tertiary/aromatic N) is 2. The maximum absolute atomic E-state index is 12.7. The Morgan fingerprint density at radius 3 is 2.76 bits per heavy atom. The molecule has 0 N–H and O–H groups in total. The van der Waals surface area contributed by atoms with Crippen molar-refractivity contribution in [2.75, 3.05) is 25.6 Å². The van der Waals surface area contributed by atoms with Gasteiger partial charge in [0.25, 0.3) is 0 Å². The average Bonchev–Trinajstić information content (AvgIpc) is 3.19. The van der Waals surface area contributed by atoms with Crippen molar-refractivity contribution >= 4 is 17.5 Å². The molecule has 6 heteroatoms. The summed E-state index contributed by atoms with van der Waals surface area (Å²) in [7, 11) is 3.30. The second-order valence-electron chi connectivity index (χ2n) is 6.28. The van der Waals surface area contributed by atoms with Crippen molar-refractivity contribution in [3.05, 3.63) is 47.9 Å². The van der Waals surface area contributed by atoms with Gasteiger partial charge in [-0.05, 0) is 31.2 Å². The Morgan fingerprint density at radius 1 is 1.32 bits per heavy atom. The molecule has 0 saturated carbocycles. The van der Waals surface area contributed by atoms with Crippen molar-refractivity contribution in [3.63, 3.8) is 0 Å². The number of hydrogen-bond acceptors (Lipinski definition) is 4. The Kier molecular flexibility index (Phi) is 4.79. The summed E-state index contributed by atoms with van der Waals surface area (Å²) in [6.07, 6.45) is 0.207. The summed E-state index contributed by atoms with van der Waals surface area (Å²) in [6.45, 7) is 2.62. The second-order valence-corrected chi connectivity index (χ2v) is 6.28. The monoisotopic (exact) mass is 342 g/mol. The number of methoxy groups -OCH3 is 1. The molecule has 2 aromatic rings. The third kappa shape index (κ3) is 3.52. The quantitative estimate of drug-likeness (QED) is 0.838. The Labute approximate surface area is 147 Å². The van der Waals surface area contributed by atoms with Gasteiger partial charge in [-0.25, -0.2) is 0 Å². The van der Waals surface area contributed by atoms with Gasteiger partial charge in [-0.3, -0.25) is 9.59 Å². The predicted octanol–water partition coefficient (Wildman–Crippen LogP) is 2.61. The molecule has 0 radical (unpaired) electrons. The molecule has 3 rings (SSSR count). The molecule has 0 aliphatic carbocycles. The maximum Gasteiger partial charge on any atom is 0.228 e. The fourth-order valence-electron chi connectivity index (χ4n) is 3.15. The topological polar surface area (TPSA) is 63.0 Å². The second kappa shape index (κ2) is 7.01. The zero-order chi connectivity index (χ0) is 18.0. The minimum Gasteiger partial charge on any atom is -0.495 e. The molecule has 132 valence electrons. The van der Waals surface area contributed by atoms with E-state index in [9.17, 15) is 9.59 Å². The normalized spacial score (nSPS) is 17.0. The number of benzene rings is 1. The van der Waals surface area contributed by atoms with Gasteiger partial charge in [-0.2, -0.15) is 0 Å². The van der Waals surface area contributed by atoms with Crippen LogP contribution in [0, 0.1) is 12.8 Å². The summed E-state index contributed by atoms with van der Waals surface area (Å²) in [5, 5.41) is 0. The van der Waals surface area contributed by atoms with Gasteiger partial charge in [0.05, 0.1) is 25.3 Å². The van der Waals surface area contributed by atoms with Crippen LogP contribution in [0.3, 0.4) is 0 Å². The van der Waals surface area contributed by atoms with Crippen LogP contribution in [0.25, 0.3) is 0 Å². The van der Waals surface area contributed by atoms with Crippen LogP contribution in [-0.2, 0) is 16.1 Å². The molecule has 1 aliphatic heterocycles. The Hall–Kier alpha value is -2.76. The van der Waals surface area contributed by atoms with Crippen LogP contribution in [0.15, 0.2) is 40.8 Å². The van der Waals surface area contributed by atoms with Gasteiger partial charge in [0.15, 0.2) is 0 Å². The number of anilines is 1. The molecule has 1 aromatic heterocycles. The van der Waals surface area contributed by atoms with Crippen molar-refractivity contribution in [3.8, 4) is 5.75 Å². The lowest BCUT2D eigenvalue weighted by atomic mass is 10.1. The third-order valence-corrected chi connectivity index (χ3v) is 4.42. The van der Waals surface area contributed by atoms with Gasteiger partial charge in [0.2, 0.25) is 11.8 Å². The number of amides is 2. The molecule has 1 aromatic carbocycles. The van der Waals surface area contributed by atoms with E-state index in [1.165, 1.54) is 0 Å². The third-order valence-electron chi connectivity index (χ3n) is 4.42. The number of aryl methyl sites for hydroxylation is 1. The predicted molar refractivity (Wildman–Crippen MR) is 93.4 cm³/mol. The Morgan fingerprint density at radius 2 is 2.08 bits per heavy atom. The highest BCUT2D eigenvalue weighted by atomic mass is 16.5. The molecule has 0 spiro atoms. The summed E-state index contributed by atoms with van der Waals surface area (Å²) in [6, 6.07) is 11.1. The maximum atomic E-state index is 12.7. The van der Waals surface area contributed by atoms with Crippen molar-refractivity contribution in [1.82, 2.24) is 4.90 Å². The van der Waals surface area contributed by atoms with E-state index in [-0.39, 0.29) is 24.2 Å². The largest absolute Gasteiger partial charge is 0.495 e. The molecule has 1 saturated heterocycles. The molecule has 1 fully saturated rings. The zero-order valence-electron chi connectivity index (χ0n) is 14.7. The number of ether oxygens (including phenoxy) is 1. The van der Waals surface area contributed by atoms with E-state index in [1.807, 2.05) is 43.3 Å². The molecule has 25 heavy (non-hydrogen) atoms. The molecule has 6 nitrogen and oxygen atoms in total. The smallest absolute Gasteiger partial charge is 0.228 e. The highest BCUT2D eigenvalue weighted by Gasteiger charge is 2.37. The van der Waals surface area contributed by atoms with Gasteiger partial charge < -0.3 is 19.0 Å². The van der Waals surface area contributed by atoms with Gasteiger partial charge in [0, 0.05) is 20.0 Å². The molecular formula is C19H22N2O4. The lowest BCUT2D eigenvalue weighted by molar-refractivity contribution is -0.135. The van der Waals surface area contributed by atoms with Gasteiger partial charge in [0.1, 0.15) is 17.3 Å². The number of carbonyl (C=O) groups excluding carboxylic acids is 2. The van der Waals surface area contributed by atoms with Crippen LogP contribution in [0.5, 0.6) is 5.75 Å². The van der Waals surface area contributed by atoms with Crippen molar-refractivity contribution in [2.45, 2.75) is 19.9 Å². The molecule has 1 unspecified atom stereocenters. The summed E-state index contributed by atoms with van der Waals surface area (Å²) in [5.74, 6) is 1.69. The standard InChI is InChI=1S/C19H22N2O4/c1-13-8-9-15(25-13)12-20(2)19(23)14-10-18(22)21(11-14)16-6-4-5-7-17(16)24-3/h4-9,14H,10-12H2,1-3H3. The summed E-state index contributed by atoms with van der Waals surface area (Å²) in [4.78, 5) is 28.4. The first-order valence-electron chi connectivity index (χ1n) is 8.23. The van der Waals surface area contributed by atoms with Crippen LogP contribution in [0.1, 0.15) is 17.9 Å². The number of furan rings is 1. The van der Waals surface area contributed by atoms with E-state index in [4.69, 9.17) is 9.15 Å². The van der Waals surface area contributed by atoms with E-state index < -0.39 is 0 Å². The molecule has 2 amide bonds. The SMILES string of the molecule is COc1ccccc1N1CC(C(=O)N(C)Cc2ccc(C)o2)CC1=O.